The van der Waals surface area contributed by atoms with Crippen LogP contribution in [0.25, 0.3) is 11.0 Å². The maximum atomic E-state index is 14.1. The summed E-state index contributed by atoms with van der Waals surface area (Å²) in [5, 5.41) is 3.70. The van der Waals surface area contributed by atoms with Crippen molar-refractivity contribution in [1.29, 1.82) is 0 Å². The molecule has 0 bridgehead atoms. The lowest BCUT2D eigenvalue weighted by molar-refractivity contribution is -0.217. The molecule has 29 heavy (non-hydrogen) atoms. The Labute approximate surface area is 161 Å². The van der Waals surface area contributed by atoms with Crippen LogP contribution in [0.5, 0.6) is 0 Å². The lowest BCUT2D eigenvalue weighted by Crippen LogP contribution is -2.63. The van der Waals surface area contributed by atoms with Gasteiger partial charge in [-0.25, -0.2) is 13.8 Å². The molecule has 6 nitrogen and oxygen atoms in total. The van der Waals surface area contributed by atoms with Crippen LogP contribution < -0.4 is 10.6 Å². The van der Waals surface area contributed by atoms with Gasteiger partial charge in [0.15, 0.2) is 5.82 Å². The molecule has 1 saturated carbocycles. The summed E-state index contributed by atoms with van der Waals surface area (Å²) in [6.07, 6.45) is -1.23. The molecular weight excluding hydrogens is 399 g/mol. The molecule has 2 aliphatic rings. The second kappa shape index (κ2) is 6.67. The summed E-state index contributed by atoms with van der Waals surface area (Å²) in [5.74, 6) is -5.25. The molecule has 1 atom stereocenters. The molecule has 2 N–H and O–H groups in total. The highest BCUT2D eigenvalue weighted by molar-refractivity contribution is 6.05. The molecule has 1 aromatic carbocycles. The molecule has 1 aliphatic heterocycles. The topological polar surface area (TPSA) is 76.0 Å². The Morgan fingerprint density at radius 1 is 1.28 bits per heavy atom. The molecule has 2 aromatic rings. The van der Waals surface area contributed by atoms with Crippen molar-refractivity contribution in [2.75, 3.05) is 5.32 Å². The number of carbonyl (C=O) groups excluding carboxylic acids is 2. The number of benzene rings is 1. The van der Waals surface area contributed by atoms with E-state index in [9.17, 15) is 31.5 Å². The first-order valence-corrected chi connectivity index (χ1v) is 9.20. The normalized spacial score (nSPS) is 22.2. The van der Waals surface area contributed by atoms with Gasteiger partial charge in [0, 0.05) is 18.6 Å². The molecule has 1 aliphatic carbocycles. The van der Waals surface area contributed by atoms with E-state index in [1.165, 1.54) is 0 Å². The fourth-order valence-corrected chi connectivity index (χ4v) is 4.16. The fourth-order valence-electron chi connectivity index (χ4n) is 4.16. The molecule has 2 amide bonds. The highest BCUT2D eigenvalue weighted by atomic mass is 19.4. The summed E-state index contributed by atoms with van der Waals surface area (Å²) in [5.41, 5.74) is -4.68. The van der Waals surface area contributed by atoms with Crippen LogP contribution >= 0.6 is 0 Å². The number of rotatable bonds is 4. The van der Waals surface area contributed by atoms with E-state index >= 15 is 0 Å². The van der Waals surface area contributed by atoms with Crippen LogP contribution in [0, 0.1) is 17.6 Å². The Hall–Kier alpha value is -2.72. The highest BCUT2D eigenvalue weighted by Gasteiger charge is 2.67. The van der Waals surface area contributed by atoms with Crippen LogP contribution in [0.15, 0.2) is 12.1 Å². The number of halogens is 5. The molecule has 156 valence electrons. The Morgan fingerprint density at radius 2 is 1.97 bits per heavy atom. The number of anilines is 1. The second-order valence-corrected chi connectivity index (χ2v) is 7.43. The minimum atomic E-state index is -5.29. The average molecular weight is 416 g/mol. The zero-order valence-corrected chi connectivity index (χ0v) is 15.1. The fraction of sp³-hybridized carbons (Fsp3) is 0.500. The van der Waals surface area contributed by atoms with Crippen LogP contribution in [0.4, 0.5) is 27.9 Å². The Balaban J connectivity index is 1.75. The van der Waals surface area contributed by atoms with Gasteiger partial charge in [0.1, 0.15) is 11.3 Å². The molecule has 1 aromatic heterocycles. The van der Waals surface area contributed by atoms with Crippen LogP contribution in [-0.2, 0) is 15.3 Å². The van der Waals surface area contributed by atoms with Crippen molar-refractivity contribution < 1.29 is 31.5 Å². The number of hydrogen-bond acceptors (Lipinski definition) is 3. The monoisotopic (exact) mass is 416 g/mol. The van der Waals surface area contributed by atoms with Gasteiger partial charge in [-0.15, -0.1) is 0 Å². The molecule has 4 rings (SSSR count). The van der Waals surface area contributed by atoms with Gasteiger partial charge in [-0.05, 0) is 12.3 Å². The number of nitrogens with one attached hydrogen (secondary N) is 2. The summed E-state index contributed by atoms with van der Waals surface area (Å²) in [6.45, 7) is 0. The smallest absolute Gasteiger partial charge is 0.317 e. The minimum absolute atomic E-state index is 0.194. The Kier molecular flexibility index (Phi) is 4.50. The summed E-state index contributed by atoms with van der Waals surface area (Å²) >= 11 is 0. The van der Waals surface area contributed by atoms with Crippen molar-refractivity contribution in [3.05, 3.63) is 23.8 Å². The molecule has 1 fully saturated rings. The first kappa shape index (κ1) is 19.6. The van der Waals surface area contributed by atoms with Crippen LogP contribution in [0.1, 0.15) is 38.5 Å². The van der Waals surface area contributed by atoms with Gasteiger partial charge in [0.25, 0.3) is 11.6 Å². The predicted molar refractivity (Wildman–Crippen MR) is 91.6 cm³/mol. The van der Waals surface area contributed by atoms with Gasteiger partial charge in [-0.2, -0.15) is 13.2 Å². The van der Waals surface area contributed by atoms with E-state index in [-0.39, 0.29) is 12.3 Å². The van der Waals surface area contributed by atoms with Crippen molar-refractivity contribution in [2.24, 2.45) is 5.92 Å². The SMILES string of the molecule is O=C(CCC1CCCC1)NC1(C(F)(F)F)C(=O)Nc2nc3c(F)cc(F)cc3n21. The third-order valence-electron chi connectivity index (χ3n) is 5.55. The maximum absolute atomic E-state index is 14.1. The van der Waals surface area contributed by atoms with Crippen LogP contribution in [-0.4, -0.2) is 27.5 Å². The van der Waals surface area contributed by atoms with E-state index in [4.69, 9.17) is 0 Å². The lowest BCUT2D eigenvalue weighted by Gasteiger charge is -2.32. The molecule has 11 heteroatoms. The molecule has 0 spiro atoms. The average Bonchev–Trinajstić information content (AvgIpc) is 3.30. The first-order chi connectivity index (χ1) is 13.6. The largest absolute Gasteiger partial charge is 0.440 e. The van der Waals surface area contributed by atoms with Crippen molar-refractivity contribution in [3.63, 3.8) is 0 Å². The number of carbonyl (C=O) groups is 2. The minimum Gasteiger partial charge on any atom is -0.317 e. The summed E-state index contributed by atoms with van der Waals surface area (Å²) < 4.78 is 70.4. The summed E-state index contributed by atoms with van der Waals surface area (Å²) in [4.78, 5) is 28.4. The molecule has 1 unspecified atom stereocenters. The zero-order chi connectivity index (χ0) is 21.0. The van der Waals surface area contributed by atoms with E-state index in [2.05, 4.69) is 4.98 Å². The Morgan fingerprint density at radius 3 is 2.62 bits per heavy atom. The lowest BCUT2D eigenvalue weighted by atomic mass is 10.0. The van der Waals surface area contributed by atoms with Gasteiger partial charge < -0.3 is 5.32 Å². The van der Waals surface area contributed by atoms with Gasteiger partial charge in [-0.3, -0.25) is 19.5 Å². The van der Waals surface area contributed by atoms with E-state index in [0.29, 0.717) is 23.1 Å². The number of fused-ring (bicyclic) bond motifs is 3. The standard InChI is InChI=1S/C18H17F5N4O2/c19-10-7-11(20)14-12(8-10)27-16(24-14)25-15(29)17(27,18(21,22)23)26-13(28)6-5-9-3-1-2-4-9/h7-9H,1-6H2,(H,26,28)(H,24,25,29). The zero-order valence-electron chi connectivity index (χ0n) is 15.1. The quantitative estimate of drug-likeness (QED) is 0.749. The Bertz CT molecular complexity index is 996. The summed E-state index contributed by atoms with van der Waals surface area (Å²) in [7, 11) is 0. The van der Waals surface area contributed by atoms with E-state index in [1.54, 1.807) is 5.32 Å². The van der Waals surface area contributed by atoms with Gasteiger partial charge in [0.05, 0.1) is 5.52 Å². The molecule has 0 radical (unpaired) electrons. The van der Waals surface area contributed by atoms with Gasteiger partial charge in [-0.1, -0.05) is 25.7 Å². The second-order valence-electron chi connectivity index (χ2n) is 7.43. The molecule has 0 saturated heterocycles. The van der Waals surface area contributed by atoms with E-state index in [0.717, 1.165) is 25.7 Å². The van der Waals surface area contributed by atoms with Gasteiger partial charge in [0.2, 0.25) is 11.9 Å². The number of alkyl halides is 3. The van der Waals surface area contributed by atoms with Crippen molar-refractivity contribution in [2.45, 2.75) is 50.4 Å². The van der Waals surface area contributed by atoms with Gasteiger partial charge >= 0.3 is 6.18 Å². The van der Waals surface area contributed by atoms with Crippen molar-refractivity contribution in [3.8, 4) is 0 Å². The number of amides is 2. The van der Waals surface area contributed by atoms with Crippen LogP contribution in [0.3, 0.4) is 0 Å². The maximum Gasteiger partial charge on any atom is 0.440 e. The third kappa shape index (κ3) is 3.03. The number of hydrogen-bond donors (Lipinski definition) is 2. The number of aromatic nitrogens is 2. The summed E-state index contributed by atoms with van der Waals surface area (Å²) in [6, 6.07) is 1.11. The first-order valence-electron chi connectivity index (χ1n) is 9.20. The van der Waals surface area contributed by atoms with E-state index < -0.39 is 52.3 Å². The number of nitrogens with zero attached hydrogens (tertiary/aromatic N) is 2. The van der Waals surface area contributed by atoms with Crippen LogP contribution in [0.2, 0.25) is 0 Å². The van der Waals surface area contributed by atoms with E-state index in [1.807, 2.05) is 5.32 Å². The molecular formula is C18H17F5N4O2. The third-order valence-corrected chi connectivity index (χ3v) is 5.55. The van der Waals surface area contributed by atoms with Crippen molar-refractivity contribution >= 4 is 28.8 Å². The predicted octanol–water partition coefficient (Wildman–Crippen LogP) is 3.57. The van der Waals surface area contributed by atoms with Crippen molar-refractivity contribution in [1.82, 2.24) is 14.9 Å². The highest BCUT2D eigenvalue weighted by Crippen LogP contribution is 2.44. The number of imidazole rings is 1. The molecule has 2 heterocycles.